The molecule has 1 aromatic heterocycles. The van der Waals surface area contributed by atoms with Gasteiger partial charge in [-0.05, 0) is 24.3 Å². The highest BCUT2D eigenvalue weighted by atomic mass is 32.1. The molecule has 0 aromatic carbocycles. The molecule has 3 N–H and O–H groups in total. The van der Waals surface area contributed by atoms with Gasteiger partial charge in [0.15, 0.2) is 0 Å². The summed E-state index contributed by atoms with van der Waals surface area (Å²) in [7, 11) is 0. The minimum Gasteiger partial charge on any atom is -0.481 e. The fourth-order valence-electron chi connectivity index (χ4n) is 2.46. The second-order valence-electron chi connectivity index (χ2n) is 4.97. The van der Waals surface area contributed by atoms with E-state index in [9.17, 15) is 14.7 Å². The normalized spacial score (nSPS) is 17.7. The predicted molar refractivity (Wildman–Crippen MR) is 74.5 cm³/mol. The summed E-state index contributed by atoms with van der Waals surface area (Å²) in [5, 5.41) is 18.5. The highest BCUT2D eigenvalue weighted by molar-refractivity contribution is 7.08. The van der Waals surface area contributed by atoms with E-state index in [0.29, 0.717) is 12.8 Å². The zero-order chi connectivity index (χ0) is 13.7. The zero-order valence-electron chi connectivity index (χ0n) is 10.6. The van der Waals surface area contributed by atoms with E-state index >= 15 is 0 Å². The first-order valence-electron chi connectivity index (χ1n) is 6.43. The summed E-state index contributed by atoms with van der Waals surface area (Å²) in [6.07, 6.45) is 4.19. The standard InChI is InChI=1S/C13H18N2O3S/c16-11(17)13(5-2-1-3-6-13)9-14-12(18)15-10-4-7-19-8-10/h4,7-8H,1-3,5-6,9H2,(H,16,17)(H2,14,15,18). The minimum absolute atomic E-state index is 0.193. The molecule has 6 heteroatoms. The van der Waals surface area contributed by atoms with Crippen molar-refractivity contribution >= 4 is 29.0 Å². The number of nitrogens with one attached hydrogen (secondary N) is 2. The Bertz CT molecular complexity index is 439. The van der Waals surface area contributed by atoms with Crippen molar-refractivity contribution < 1.29 is 14.7 Å². The molecule has 104 valence electrons. The van der Waals surface area contributed by atoms with E-state index in [1.807, 2.05) is 10.8 Å². The van der Waals surface area contributed by atoms with Crippen LogP contribution < -0.4 is 10.6 Å². The average molecular weight is 282 g/mol. The van der Waals surface area contributed by atoms with Gasteiger partial charge in [0.05, 0.1) is 11.1 Å². The van der Waals surface area contributed by atoms with Gasteiger partial charge in [0, 0.05) is 11.9 Å². The van der Waals surface area contributed by atoms with Crippen molar-refractivity contribution in [1.29, 1.82) is 0 Å². The molecule has 19 heavy (non-hydrogen) atoms. The Morgan fingerprint density at radius 3 is 2.63 bits per heavy atom. The van der Waals surface area contributed by atoms with Crippen LogP contribution in [0, 0.1) is 5.41 Å². The highest BCUT2D eigenvalue weighted by Crippen LogP contribution is 2.36. The molecular weight excluding hydrogens is 264 g/mol. The van der Waals surface area contributed by atoms with Crippen LogP contribution in [-0.4, -0.2) is 23.7 Å². The molecule has 0 saturated heterocycles. The van der Waals surface area contributed by atoms with Gasteiger partial charge in [-0.2, -0.15) is 11.3 Å². The van der Waals surface area contributed by atoms with Crippen LogP contribution in [0.2, 0.25) is 0 Å². The van der Waals surface area contributed by atoms with Gasteiger partial charge in [-0.15, -0.1) is 0 Å². The van der Waals surface area contributed by atoms with Crippen molar-refractivity contribution in [1.82, 2.24) is 5.32 Å². The van der Waals surface area contributed by atoms with Gasteiger partial charge in [0.25, 0.3) is 0 Å². The number of hydrogen-bond acceptors (Lipinski definition) is 3. The third-order valence-electron chi connectivity index (χ3n) is 3.63. The summed E-state index contributed by atoms with van der Waals surface area (Å²) in [6.45, 7) is 0.193. The molecule has 0 spiro atoms. The van der Waals surface area contributed by atoms with Crippen LogP contribution in [0.1, 0.15) is 32.1 Å². The summed E-state index contributed by atoms with van der Waals surface area (Å²) < 4.78 is 0. The smallest absolute Gasteiger partial charge is 0.319 e. The first-order chi connectivity index (χ1) is 9.12. The predicted octanol–water partition coefficient (Wildman–Crippen LogP) is 2.90. The number of anilines is 1. The van der Waals surface area contributed by atoms with Crippen LogP contribution in [0.25, 0.3) is 0 Å². The molecule has 0 atom stereocenters. The molecule has 1 aliphatic rings. The second kappa shape index (κ2) is 6.06. The minimum atomic E-state index is -0.803. The summed E-state index contributed by atoms with van der Waals surface area (Å²) in [5.74, 6) is -0.803. The van der Waals surface area contributed by atoms with E-state index in [0.717, 1.165) is 24.9 Å². The Balaban J connectivity index is 1.88. The van der Waals surface area contributed by atoms with Gasteiger partial charge in [0.2, 0.25) is 0 Å². The summed E-state index contributed by atoms with van der Waals surface area (Å²) in [6, 6.07) is 1.46. The Morgan fingerprint density at radius 2 is 2.05 bits per heavy atom. The van der Waals surface area contributed by atoms with Gasteiger partial charge in [0.1, 0.15) is 0 Å². The van der Waals surface area contributed by atoms with Crippen molar-refractivity contribution in [3.63, 3.8) is 0 Å². The maximum absolute atomic E-state index is 11.7. The van der Waals surface area contributed by atoms with Crippen LogP contribution >= 0.6 is 11.3 Å². The van der Waals surface area contributed by atoms with Crippen molar-refractivity contribution in [3.05, 3.63) is 16.8 Å². The summed E-state index contributed by atoms with van der Waals surface area (Å²) in [5.41, 5.74) is -0.0555. The molecule has 1 aromatic rings. The molecular formula is C13H18N2O3S. The number of hydrogen-bond donors (Lipinski definition) is 3. The number of carbonyl (C=O) groups is 2. The Morgan fingerprint density at radius 1 is 1.32 bits per heavy atom. The van der Waals surface area contributed by atoms with Crippen molar-refractivity contribution in [2.45, 2.75) is 32.1 Å². The number of rotatable bonds is 4. The monoisotopic (exact) mass is 282 g/mol. The number of amides is 2. The molecule has 0 bridgehead atoms. The summed E-state index contributed by atoms with van der Waals surface area (Å²) in [4.78, 5) is 23.1. The molecule has 2 amide bonds. The first-order valence-corrected chi connectivity index (χ1v) is 7.37. The van der Waals surface area contributed by atoms with Gasteiger partial charge < -0.3 is 15.7 Å². The van der Waals surface area contributed by atoms with Crippen LogP contribution in [0.3, 0.4) is 0 Å². The van der Waals surface area contributed by atoms with E-state index in [4.69, 9.17) is 0 Å². The first kappa shape index (κ1) is 13.9. The maximum Gasteiger partial charge on any atom is 0.319 e. The Hall–Kier alpha value is -1.56. The van der Waals surface area contributed by atoms with E-state index in [-0.39, 0.29) is 12.6 Å². The van der Waals surface area contributed by atoms with Crippen LogP contribution in [0.4, 0.5) is 10.5 Å². The number of carbonyl (C=O) groups excluding carboxylic acids is 1. The topological polar surface area (TPSA) is 78.4 Å². The molecule has 2 rings (SSSR count). The lowest BCUT2D eigenvalue weighted by Crippen LogP contribution is -2.45. The van der Waals surface area contributed by atoms with Gasteiger partial charge in [-0.3, -0.25) is 4.79 Å². The molecule has 0 radical (unpaired) electrons. The van der Waals surface area contributed by atoms with Gasteiger partial charge >= 0.3 is 12.0 Å². The highest BCUT2D eigenvalue weighted by Gasteiger charge is 2.39. The molecule has 1 aliphatic carbocycles. The summed E-state index contributed by atoms with van der Waals surface area (Å²) >= 11 is 1.50. The molecule has 1 fully saturated rings. The molecule has 1 saturated carbocycles. The number of aliphatic carboxylic acids is 1. The molecule has 5 nitrogen and oxygen atoms in total. The fraction of sp³-hybridized carbons (Fsp3) is 0.538. The quantitative estimate of drug-likeness (QED) is 0.794. The van der Waals surface area contributed by atoms with Crippen molar-refractivity contribution in [3.8, 4) is 0 Å². The molecule has 0 unspecified atom stereocenters. The lowest BCUT2D eigenvalue weighted by molar-refractivity contribution is -0.150. The third-order valence-corrected chi connectivity index (χ3v) is 4.31. The number of urea groups is 1. The average Bonchev–Trinajstić information content (AvgIpc) is 2.90. The number of thiophene rings is 1. The molecule has 1 heterocycles. The zero-order valence-corrected chi connectivity index (χ0v) is 11.5. The lowest BCUT2D eigenvalue weighted by Gasteiger charge is -2.33. The van der Waals surface area contributed by atoms with Crippen molar-refractivity contribution in [2.24, 2.45) is 5.41 Å². The van der Waals surface area contributed by atoms with Crippen LogP contribution in [0.5, 0.6) is 0 Å². The number of carboxylic acids is 1. The Labute approximate surface area is 116 Å². The van der Waals surface area contributed by atoms with E-state index in [2.05, 4.69) is 10.6 Å². The van der Waals surface area contributed by atoms with E-state index < -0.39 is 11.4 Å². The van der Waals surface area contributed by atoms with Crippen LogP contribution in [0.15, 0.2) is 16.8 Å². The SMILES string of the molecule is O=C(NCC1(C(=O)O)CCCCC1)Nc1ccsc1. The Kier molecular flexibility index (Phi) is 4.42. The second-order valence-corrected chi connectivity index (χ2v) is 5.75. The number of carboxylic acid groups (broad SMARTS) is 1. The van der Waals surface area contributed by atoms with E-state index in [1.54, 1.807) is 6.07 Å². The van der Waals surface area contributed by atoms with Gasteiger partial charge in [-0.25, -0.2) is 4.79 Å². The third kappa shape index (κ3) is 3.47. The lowest BCUT2D eigenvalue weighted by atomic mass is 9.74. The fourth-order valence-corrected chi connectivity index (χ4v) is 3.04. The maximum atomic E-state index is 11.7. The largest absolute Gasteiger partial charge is 0.481 e. The van der Waals surface area contributed by atoms with Gasteiger partial charge in [-0.1, -0.05) is 19.3 Å². The van der Waals surface area contributed by atoms with Crippen molar-refractivity contribution in [2.75, 3.05) is 11.9 Å². The van der Waals surface area contributed by atoms with Crippen LogP contribution in [-0.2, 0) is 4.79 Å². The van der Waals surface area contributed by atoms with E-state index in [1.165, 1.54) is 11.3 Å². The molecule has 0 aliphatic heterocycles.